The Morgan fingerprint density at radius 2 is 2.33 bits per heavy atom. The minimum Gasteiger partial charge on any atom is -0.329 e. The maximum atomic E-state index is 12.1. The second-order valence-corrected chi connectivity index (χ2v) is 6.09. The third-order valence-electron chi connectivity index (χ3n) is 2.79. The molecule has 0 saturated carbocycles. The van der Waals surface area contributed by atoms with Gasteiger partial charge in [-0.1, -0.05) is 23.4 Å². The quantitative estimate of drug-likeness (QED) is 0.879. The Balaban J connectivity index is 2.02. The van der Waals surface area contributed by atoms with Gasteiger partial charge in [-0.2, -0.15) is 5.26 Å². The molecule has 1 aromatic heterocycles. The molecule has 0 radical (unpaired) electrons. The predicted octanol–water partition coefficient (Wildman–Crippen LogP) is 3.06. The van der Waals surface area contributed by atoms with Crippen molar-refractivity contribution in [3.63, 3.8) is 0 Å². The fourth-order valence-electron chi connectivity index (χ4n) is 1.60. The van der Waals surface area contributed by atoms with Gasteiger partial charge in [0.15, 0.2) is 5.16 Å². The van der Waals surface area contributed by atoms with Crippen molar-refractivity contribution in [2.24, 2.45) is 7.05 Å². The second kappa shape index (κ2) is 6.66. The van der Waals surface area contributed by atoms with Gasteiger partial charge < -0.3 is 9.88 Å². The van der Waals surface area contributed by atoms with Crippen LogP contribution in [0.5, 0.6) is 0 Å². The Kier molecular flexibility index (Phi) is 4.89. The Hall–Kier alpha value is -1.97. The van der Waals surface area contributed by atoms with E-state index in [2.05, 4.69) is 10.3 Å². The van der Waals surface area contributed by atoms with Crippen LogP contribution in [0.25, 0.3) is 0 Å². The number of carbonyl (C=O) groups excluding carboxylic acids is 1. The molecule has 1 heterocycles. The lowest BCUT2D eigenvalue weighted by Crippen LogP contribution is -2.22. The summed E-state index contributed by atoms with van der Waals surface area (Å²) in [6, 6.07) is 6.77. The Morgan fingerprint density at radius 1 is 1.57 bits per heavy atom. The van der Waals surface area contributed by atoms with Crippen molar-refractivity contribution in [3.05, 3.63) is 41.2 Å². The molecule has 0 unspecified atom stereocenters. The minimum atomic E-state index is -0.305. The molecule has 0 spiro atoms. The van der Waals surface area contributed by atoms with E-state index in [1.54, 1.807) is 31.3 Å². The molecular weight excluding hydrogens is 308 g/mol. The Morgan fingerprint density at radius 3 is 2.90 bits per heavy atom. The molecule has 2 rings (SSSR count). The van der Waals surface area contributed by atoms with Crippen molar-refractivity contribution in [1.29, 1.82) is 5.26 Å². The normalized spacial score (nSPS) is 11.7. The first kappa shape index (κ1) is 15.4. The minimum absolute atomic E-state index is 0.149. The van der Waals surface area contributed by atoms with Crippen molar-refractivity contribution in [2.45, 2.75) is 17.3 Å². The molecular formula is C14H13ClN4OS. The number of rotatable bonds is 4. The van der Waals surface area contributed by atoms with Gasteiger partial charge >= 0.3 is 0 Å². The van der Waals surface area contributed by atoms with Gasteiger partial charge in [-0.05, 0) is 25.1 Å². The molecule has 5 nitrogen and oxygen atoms in total. The van der Waals surface area contributed by atoms with E-state index >= 15 is 0 Å². The van der Waals surface area contributed by atoms with Gasteiger partial charge in [-0.25, -0.2) is 4.98 Å². The first-order valence-electron chi connectivity index (χ1n) is 6.15. The number of hydrogen-bond donors (Lipinski definition) is 1. The van der Waals surface area contributed by atoms with Crippen LogP contribution < -0.4 is 5.32 Å². The molecule has 7 heteroatoms. The summed E-state index contributed by atoms with van der Waals surface area (Å²) >= 11 is 7.31. The van der Waals surface area contributed by atoms with Crippen molar-refractivity contribution in [1.82, 2.24) is 9.55 Å². The van der Waals surface area contributed by atoms with Gasteiger partial charge in [0, 0.05) is 25.1 Å². The largest absolute Gasteiger partial charge is 0.329 e. The lowest BCUT2D eigenvalue weighted by molar-refractivity contribution is -0.115. The number of halogens is 1. The van der Waals surface area contributed by atoms with Gasteiger partial charge in [-0.15, -0.1) is 0 Å². The zero-order chi connectivity index (χ0) is 15.4. The number of nitrogens with one attached hydrogen (secondary N) is 1. The van der Waals surface area contributed by atoms with E-state index < -0.39 is 0 Å². The number of amides is 1. The molecule has 0 bridgehead atoms. The van der Waals surface area contributed by atoms with E-state index in [1.165, 1.54) is 11.8 Å². The number of carbonyl (C=O) groups is 1. The Labute approximate surface area is 131 Å². The summed E-state index contributed by atoms with van der Waals surface area (Å²) in [6.07, 6.45) is 3.51. The van der Waals surface area contributed by atoms with Gasteiger partial charge in [0.25, 0.3) is 0 Å². The number of nitrogens with zero attached hydrogens (tertiary/aromatic N) is 3. The average molecular weight is 321 g/mol. The second-order valence-electron chi connectivity index (χ2n) is 4.38. The summed E-state index contributed by atoms with van der Waals surface area (Å²) in [4.78, 5) is 16.3. The van der Waals surface area contributed by atoms with E-state index in [0.29, 0.717) is 16.3 Å². The van der Waals surface area contributed by atoms with Crippen LogP contribution in [0, 0.1) is 11.3 Å². The standard InChI is InChI=1S/C14H13ClN4OS/c1-9(21-14-17-5-6-19(14)2)13(20)18-11-4-3-10(8-16)12(15)7-11/h3-7,9H,1-2H3,(H,18,20)/t9-/m0/s1. The summed E-state index contributed by atoms with van der Waals surface area (Å²) in [5.74, 6) is -0.149. The highest BCUT2D eigenvalue weighted by molar-refractivity contribution is 8.00. The average Bonchev–Trinajstić information content (AvgIpc) is 2.84. The number of thioether (sulfide) groups is 1. The molecule has 0 aliphatic heterocycles. The van der Waals surface area contributed by atoms with Crippen LogP contribution in [0.4, 0.5) is 5.69 Å². The molecule has 1 aromatic carbocycles. The van der Waals surface area contributed by atoms with E-state index in [0.717, 1.165) is 5.16 Å². The number of nitriles is 1. The number of benzene rings is 1. The third-order valence-corrected chi connectivity index (χ3v) is 4.27. The van der Waals surface area contributed by atoms with Crippen LogP contribution in [-0.4, -0.2) is 20.7 Å². The molecule has 0 aliphatic rings. The van der Waals surface area contributed by atoms with Crippen LogP contribution in [0.2, 0.25) is 5.02 Å². The lowest BCUT2D eigenvalue weighted by Gasteiger charge is -2.12. The van der Waals surface area contributed by atoms with Crippen LogP contribution >= 0.6 is 23.4 Å². The molecule has 0 aliphatic carbocycles. The van der Waals surface area contributed by atoms with Gasteiger partial charge in [-0.3, -0.25) is 4.79 Å². The van der Waals surface area contributed by atoms with Crippen LogP contribution in [0.3, 0.4) is 0 Å². The highest BCUT2D eigenvalue weighted by Gasteiger charge is 2.17. The highest BCUT2D eigenvalue weighted by Crippen LogP contribution is 2.24. The topological polar surface area (TPSA) is 70.7 Å². The summed E-state index contributed by atoms with van der Waals surface area (Å²) in [6.45, 7) is 1.81. The van der Waals surface area contributed by atoms with Crippen molar-refractivity contribution >= 4 is 35.0 Å². The molecule has 108 valence electrons. The molecule has 0 fully saturated rings. The lowest BCUT2D eigenvalue weighted by atomic mass is 10.2. The number of aryl methyl sites for hydroxylation is 1. The summed E-state index contributed by atoms with van der Waals surface area (Å²) in [7, 11) is 1.88. The maximum Gasteiger partial charge on any atom is 0.237 e. The van der Waals surface area contributed by atoms with E-state index in [4.69, 9.17) is 16.9 Å². The number of hydrogen-bond acceptors (Lipinski definition) is 4. The highest BCUT2D eigenvalue weighted by atomic mass is 35.5. The van der Waals surface area contributed by atoms with Crippen molar-refractivity contribution in [2.75, 3.05) is 5.32 Å². The molecule has 1 amide bonds. The first-order chi connectivity index (χ1) is 10.0. The molecule has 21 heavy (non-hydrogen) atoms. The smallest absolute Gasteiger partial charge is 0.237 e. The summed E-state index contributed by atoms with van der Waals surface area (Å²) < 4.78 is 1.85. The molecule has 0 saturated heterocycles. The van der Waals surface area contributed by atoms with Crippen LogP contribution in [-0.2, 0) is 11.8 Å². The monoisotopic (exact) mass is 320 g/mol. The fourth-order valence-corrected chi connectivity index (χ4v) is 2.66. The number of anilines is 1. The Bertz CT molecular complexity index is 707. The first-order valence-corrected chi connectivity index (χ1v) is 7.41. The molecule has 2 aromatic rings. The van der Waals surface area contributed by atoms with Crippen molar-refractivity contribution < 1.29 is 4.79 Å². The molecule has 1 N–H and O–H groups in total. The number of aromatic nitrogens is 2. The summed E-state index contributed by atoms with van der Waals surface area (Å²) in [5, 5.41) is 12.4. The number of imidazole rings is 1. The van der Waals surface area contributed by atoms with Crippen LogP contribution in [0.1, 0.15) is 12.5 Å². The fraction of sp³-hybridized carbons (Fsp3) is 0.214. The third kappa shape index (κ3) is 3.78. The SMILES string of the molecule is C[C@H](Sc1nccn1C)C(=O)Nc1ccc(C#N)c(Cl)c1. The van der Waals surface area contributed by atoms with Crippen molar-refractivity contribution in [3.8, 4) is 6.07 Å². The van der Waals surface area contributed by atoms with E-state index in [1.807, 2.05) is 23.9 Å². The van der Waals surface area contributed by atoms with Gasteiger partial charge in [0.05, 0.1) is 15.8 Å². The zero-order valence-electron chi connectivity index (χ0n) is 11.5. The summed E-state index contributed by atoms with van der Waals surface area (Å²) in [5.41, 5.74) is 0.946. The zero-order valence-corrected chi connectivity index (χ0v) is 13.1. The van der Waals surface area contributed by atoms with E-state index in [-0.39, 0.29) is 11.2 Å². The van der Waals surface area contributed by atoms with E-state index in [9.17, 15) is 4.79 Å². The maximum absolute atomic E-state index is 12.1. The van der Waals surface area contributed by atoms with Gasteiger partial charge in [0.2, 0.25) is 5.91 Å². The molecule has 1 atom stereocenters. The predicted molar refractivity (Wildman–Crippen MR) is 83.3 cm³/mol. The van der Waals surface area contributed by atoms with Crippen LogP contribution in [0.15, 0.2) is 35.7 Å². The van der Waals surface area contributed by atoms with Gasteiger partial charge in [0.1, 0.15) is 6.07 Å².